The number of aromatic amines is 1. The van der Waals surface area contributed by atoms with Crippen LogP contribution in [0.15, 0.2) is 30.5 Å². The fraction of sp³-hybridized carbons (Fsp3) is 0.500. The van der Waals surface area contributed by atoms with Crippen LogP contribution >= 0.6 is 0 Å². The first-order valence-corrected chi connectivity index (χ1v) is 8.05. The van der Waals surface area contributed by atoms with Gasteiger partial charge in [0.15, 0.2) is 0 Å². The molecule has 0 fully saturated rings. The van der Waals surface area contributed by atoms with Crippen molar-refractivity contribution in [3.8, 4) is 0 Å². The van der Waals surface area contributed by atoms with Gasteiger partial charge in [0.25, 0.3) is 0 Å². The van der Waals surface area contributed by atoms with Gasteiger partial charge in [0.2, 0.25) is 5.91 Å². The van der Waals surface area contributed by atoms with Crippen molar-refractivity contribution in [3.63, 3.8) is 0 Å². The third-order valence-electron chi connectivity index (χ3n) is 3.92. The van der Waals surface area contributed by atoms with Crippen LogP contribution in [0, 0.1) is 0 Å². The van der Waals surface area contributed by atoms with Gasteiger partial charge in [-0.15, -0.1) is 0 Å². The summed E-state index contributed by atoms with van der Waals surface area (Å²) in [4.78, 5) is 15.3. The summed E-state index contributed by atoms with van der Waals surface area (Å²) in [5, 5.41) is 4.25. The predicted molar refractivity (Wildman–Crippen MR) is 88.4 cm³/mol. The molecule has 1 heterocycles. The minimum absolute atomic E-state index is 0.114. The van der Waals surface area contributed by atoms with Crippen molar-refractivity contribution in [1.82, 2.24) is 10.3 Å². The number of fused-ring (bicyclic) bond motifs is 1. The Bertz CT molecular complexity index is 573. The van der Waals surface area contributed by atoms with E-state index < -0.39 is 0 Å². The first-order valence-electron chi connectivity index (χ1n) is 8.05. The first kappa shape index (κ1) is 15.6. The summed E-state index contributed by atoms with van der Waals surface area (Å²) in [6.07, 6.45) is 8.46. The first-order chi connectivity index (χ1) is 10.2. The van der Waals surface area contributed by atoms with Crippen molar-refractivity contribution in [3.05, 3.63) is 36.0 Å². The van der Waals surface area contributed by atoms with E-state index in [2.05, 4.69) is 30.2 Å². The van der Waals surface area contributed by atoms with E-state index >= 15 is 0 Å². The standard InChI is InChI=1S/C18H26N2O/c1-3-4-5-6-9-14(2)20-18(21)12-15-13-19-17-11-8-7-10-16(15)17/h7-8,10-11,13-14,19H,3-6,9,12H2,1-2H3,(H,20,21). The van der Waals surface area contributed by atoms with Gasteiger partial charge in [0, 0.05) is 23.1 Å². The lowest BCUT2D eigenvalue weighted by Crippen LogP contribution is -2.33. The SMILES string of the molecule is CCCCCCC(C)NC(=O)Cc1c[nH]c2ccccc12. The van der Waals surface area contributed by atoms with Crippen LogP contribution in [0.1, 0.15) is 51.5 Å². The number of aromatic nitrogens is 1. The average Bonchev–Trinajstić information content (AvgIpc) is 2.87. The molecular weight excluding hydrogens is 260 g/mol. The summed E-state index contributed by atoms with van der Waals surface area (Å²) in [5.74, 6) is 0.114. The van der Waals surface area contributed by atoms with Crippen LogP contribution in [-0.2, 0) is 11.2 Å². The van der Waals surface area contributed by atoms with Gasteiger partial charge in [0.05, 0.1) is 6.42 Å². The summed E-state index contributed by atoms with van der Waals surface area (Å²) < 4.78 is 0. The number of carbonyl (C=O) groups excluding carboxylic acids is 1. The fourth-order valence-electron chi connectivity index (χ4n) is 2.73. The molecule has 0 saturated carbocycles. The third-order valence-corrected chi connectivity index (χ3v) is 3.92. The monoisotopic (exact) mass is 286 g/mol. The van der Waals surface area contributed by atoms with Gasteiger partial charge in [-0.25, -0.2) is 0 Å². The molecule has 1 aromatic carbocycles. The molecule has 0 spiro atoms. The molecule has 0 saturated heterocycles. The topological polar surface area (TPSA) is 44.9 Å². The number of nitrogens with one attached hydrogen (secondary N) is 2. The number of hydrogen-bond acceptors (Lipinski definition) is 1. The maximum absolute atomic E-state index is 12.1. The van der Waals surface area contributed by atoms with E-state index in [1.807, 2.05) is 24.4 Å². The van der Waals surface area contributed by atoms with E-state index in [4.69, 9.17) is 0 Å². The number of amides is 1. The Morgan fingerprint density at radius 3 is 2.86 bits per heavy atom. The Morgan fingerprint density at radius 2 is 2.05 bits per heavy atom. The zero-order valence-corrected chi connectivity index (χ0v) is 13.1. The second kappa shape index (κ2) is 7.87. The Kier molecular flexibility index (Phi) is 5.85. The van der Waals surface area contributed by atoms with Gasteiger partial charge in [-0.1, -0.05) is 50.8 Å². The second-order valence-corrected chi connectivity index (χ2v) is 5.85. The molecule has 21 heavy (non-hydrogen) atoms. The highest BCUT2D eigenvalue weighted by Crippen LogP contribution is 2.18. The predicted octanol–water partition coefficient (Wildman–Crippen LogP) is 4.19. The van der Waals surface area contributed by atoms with Gasteiger partial charge in [-0.05, 0) is 25.0 Å². The molecule has 1 aromatic heterocycles. The number of para-hydroxylation sites is 1. The molecule has 0 radical (unpaired) electrons. The molecule has 0 aliphatic carbocycles. The van der Waals surface area contributed by atoms with E-state index in [0.717, 1.165) is 22.9 Å². The largest absolute Gasteiger partial charge is 0.361 e. The van der Waals surface area contributed by atoms with Crippen LogP contribution in [0.2, 0.25) is 0 Å². The summed E-state index contributed by atoms with van der Waals surface area (Å²) in [6, 6.07) is 8.37. The zero-order valence-electron chi connectivity index (χ0n) is 13.1. The van der Waals surface area contributed by atoms with Crippen molar-refractivity contribution < 1.29 is 4.79 Å². The molecule has 0 aliphatic rings. The highest BCUT2D eigenvalue weighted by Gasteiger charge is 2.10. The van der Waals surface area contributed by atoms with Gasteiger partial charge in [0.1, 0.15) is 0 Å². The second-order valence-electron chi connectivity index (χ2n) is 5.85. The molecule has 2 aromatic rings. The maximum atomic E-state index is 12.1. The van der Waals surface area contributed by atoms with Crippen molar-refractivity contribution in [2.75, 3.05) is 0 Å². The minimum atomic E-state index is 0.114. The fourth-order valence-corrected chi connectivity index (χ4v) is 2.73. The number of hydrogen-bond donors (Lipinski definition) is 2. The number of H-pyrrole nitrogens is 1. The van der Waals surface area contributed by atoms with Crippen LogP contribution < -0.4 is 5.32 Å². The van der Waals surface area contributed by atoms with E-state index in [9.17, 15) is 4.79 Å². The molecule has 3 nitrogen and oxygen atoms in total. The summed E-state index contributed by atoms with van der Waals surface area (Å²) in [6.45, 7) is 4.31. The van der Waals surface area contributed by atoms with Crippen molar-refractivity contribution in [1.29, 1.82) is 0 Å². The third kappa shape index (κ3) is 4.62. The number of carbonyl (C=O) groups is 1. The maximum Gasteiger partial charge on any atom is 0.224 e. The minimum Gasteiger partial charge on any atom is -0.361 e. The molecule has 1 amide bonds. The molecule has 0 bridgehead atoms. The molecule has 2 rings (SSSR count). The molecular formula is C18H26N2O. The Labute approximate surface area is 127 Å². The zero-order chi connectivity index (χ0) is 15.1. The van der Waals surface area contributed by atoms with Crippen LogP contribution in [0.25, 0.3) is 10.9 Å². The van der Waals surface area contributed by atoms with Crippen LogP contribution in [-0.4, -0.2) is 16.9 Å². The van der Waals surface area contributed by atoms with Crippen LogP contribution in [0.5, 0.6) is 0 Å². The van der Waals surface area contributed by atoms with E-state index in [-0.39, 0.29) is 11.9 Å². The Hall–Kier alpha value is -1.77. The Balaban J connectivity index is 1.81. The quantitative estimate of drug-likeness (QED) is 0.702. The van der Waals surface area contributed by atoms with Gasteiger partial charge >= 0.3 is 0 Å². The molecule has 1 unspecified atom stereocenters. The average molecular weight is 286 g/mol. The van der Waals surface area contributed by atoms with Gasteiger partial charge < -0.3 is 10.3 Å². The number of rotatable bonds is 8. The van der Waals surface area contributed by atoms with E-state index in [1.165, 1.54) is 25.7 Å². The molecule has 3 heteroatoms. The lowest BCUT2D eigenvalue weighted by atomic mass is 10.1. The van der Waals surface area contributed by atoms with Crippen molar-refractivity contribution in [2.45, 2.75) is 58.4 Å². The van der Waals surface area contributed by atoms with Crippen LogP contribution in [0.4, 0.5) is 0 Å². The highest BCUT2D eigenvalue weighted by atomic mass is 16.1. The molecule has 114 valence electrons. The highest BCUT2D eigenvalue weighted by molar-refractivity contribution is 5.88. The Morgan fingerprint density at radius 1 is 1.24 bits per heavy atom. The van der Waals surface area contributed by atoms with Gasteiger partial charge in [-0.3, -0.25) is 4.79 Å². The van der Waals surface area contributed by atoms with E-state index in [0.29, 0.717) is 6.42 Å². The number of benzene rings is 1. The molecule has 2 N–H and O–H groups in total. The summed E-state index contributed by atoms with van der Waals surface area (Å²) in [5.41, 5.74) is 2.16. The smallest absolute Gasteiger partial charge is 0.224 e. The molecule has 1 atom stereocenters. The van der Waals surface area contributed by atoms with Crippen molar-refractivity contribution >= 4 is 16.8 Å². The van der Waals surface area contributed by atoms with E-state index in [1.54, 1.807) is 0 Å². The van der Waals surface area contributed by atoms with Crippen molar-refractivity contribution in [2.24, 2.45) is 0 Å². The molecule has 0 aliphatic heterocycles. The lowest BCUT2D eigenvalue weighted by Gasteiger charge is -2.13. The summed E-state index contributed by atoms with van der Waals surface area (Å²) in [7, 11) is 0. The summed E-state index contributed by atoms with van der Waals surface area (Å²) >= 11 is 0. The number of unbranched alkanes of at least 4 members (excludes halogenated alkanes) is 3. The van der Waals surface area contributed by atoms with Crippen LogP contribution in [0.3, 0.4) is 0 Å². The lowest BCUT2D eigenvalue weighted by molar-refractivity contribution is -0.121. The normalized spacial score (nSPS) is 12.5. The van der Waals surface area contributed by atoms with Gasteiger partial charge in [-0.2, -0.15) is 0 Å².